The minimum absolute atomic E-state index is 0.139. The van der Waals surface area contributed by atoms with Crippen LogP contribution in [-0.2, 0) is 16.0 Å². The number of benzene rings is 4. The number of hydrogen-bond donors (Lipinski definition) is 2. The van der Waals surface area contributed by atoms with Gasteiger partial charge in [-0.05, 0) is 60.0 Å². The van der Waals surface area contributed by atoms with E-state index in [9.17, 15) is 9.59 Å². The van der Waals surface area contributed by atoms with E-state index < -0.39 is 6.04 Å². The molecule has 0 fully saturated rings. The molecule has 4 aromatic rings. The lowest BCUT2D eigenvalue weighted by Gasteiger charge is -2.18. The molecule has 6 nitrogen and oxygen atoms in total. The lowest BCUT2D eigenvalue weighted by molar-refractivity contribution is -0.144. The van der Waals surface area contributed by atoms with Crippen LogP contribution < -0.4 is 15.4 Å². The molecule has 0 heterocycles. The maximum absolute atomic E-state index is 12.5. The van der Waals surface area contributed by atoms with E-state index in [-0.39, 0.29) is 11.9 Å². The second-order valence-electron chi connectivity index (χ2n) is 8.71. The van der Waals surface area contributed by atoms with Crippen LogP contribution in [0.2, 0.25) is 0 Å². The second-order valence-corrected chi connectivity index (χ2v) is 8.71. The molecule has 0 aliphatic rings. The Morgan fingerprint density at radius 1 is 0.763 bits per heavy atom. The summed E-state index contributed by atoms with van der Waals surface area (Å²) in [6.07, 6.45) is 0.479. The lowest BCUT2D eigenvalue weighted by atomic mass is 10.0. The van der Waals surface area contributed by atoms with Crippen molar-refractivity contribution >= 4 is 17.6 Å². The van der Waals surface area contributed by atoms with Crippen LogP contribution in [0.25, 0.3) is 11.1 Å². The summed E-state index contributed by atoms with van der Waals surface area (Å²) in [6.45, 7) is 2.85. The van der Waals surface area contributed by atoms with Gasteiger partial charge in [-0.3, -0.25) is 4.79 Å². The fourth-order valence-corrected chi connectivity index (χ4v) is 4.01. The average Bonchev–Trinajstić information content (AvgIpc) is 2.97. The van der Waals surface area contributed by atoms with Crippen molar-refractivity contribution in [2.24, 2.45) is 0 Å². The number of carbonyl (C=O) groups excluding carboxylic acids is 2. The van der Waals surface area contributed by atoms with Crippen LogP contribution in [-0.4, -0.2) is 37.7 Å². The largest absolute Gasteiger partial charge is 0.492 e. The standard InChI is InChI=1S/C32H32N2O4/c1-2-37-32(36)30(34-28-11-7-4-8-12-28)23-24-13-19-29(20-14-24)38-22-21-33-31(35)27-17-15-26(16-18-27)25-9-5-3-6-10-25/h3-20,30,34H,2,21-23H2,1H3,(H,33,35). The van der Waals surface area contributed by atoms with Crippen LogP contribution in [0.3, 0.4) is 0 Å². The summed E-state index contributed by atoms with van der Waals surface area (Å²) in [7, 11) is 0. The molecule has 0 aromatic heterocycles. The third-order valence-electron chi connectivity index (χ3n) is 5.96. The maximum Gasteiger partial charge on any atom is 0.328 e. The van der Waals surface area contributed by atoms with Crippen LogP contribution in [0.1, 0.15) is 22.8 Å². The van der Waals surface area contributed by atoms with Gasteiger partial charge in [-0.25, -0.2) is 4.79 Å². The topological polar surface area (TPSA) is 76.7 Å². The highest BCUT2D eigenvalue weighted by Crippen LogP contribution is 2.19. The van der Waals surface area contributed by atoms with Crippen molar-refractivity contribution in [2.75, 3.05) is 25.1 Å². The van der Waals surface area contributed by atoms with E-state index >= 15 is 0 Å². The van der Waals surface area contributed by atoms with Crippen molar-refractivity contribution < 1.29 is 19.1 Å². The average molecular weight is 509 g/mol. The van der Waals surface area contributed by atoms with Gasteiger partial charge in [0.25, 0.3) is 5.91 Å². The van der Waals surface area contributed by atoms with E-state index in [0.717, 1.165) is 22.4 Å². The molecule has 0 bridgehead atoms. The molecule has 1 unspecified atom stereocenters. The molecule has 38 heavy (non-hydrogen) atoms. The number of carbonyl (C=O) groups is 2. The quantitative estimate of drug-likeness (QED) is 0.188. The third-order valence-corrected chi connectivity index (χ3v) is 5.96. The van der Waals surface area contributed by atoms with Gasteiger partial charge in [-0.2, -0.15) is 0 Å². The summed E-state index contributed by atoms with van der Waals surface area (Å²) >= 11 is 0. The van der Waals surface area contributed by atoms with E-state index in [1.54, 1.807) is 6.92 Å². The van der Waals surface area contributed by atoms with E-state index in [0.29, 0.717) is 37.5 Å². The predicted molar refractivity (Wildman–Crippen MR) is 150 cm³/mol. The fourth-order valence-electron chi connectivity index (χ4n) is 4.01. The van der Waals surface area contributed by atoms with Crippen LogP contribution in [0, 0.1) is 0 Å². The highest BCUT2D eigenvalue weighted by atomic mass is 16.5. The van der Waals surface area contributed by atoms with Crippen molar-refractivity contribution in [3.8, 4) is 16.9 Å². The molecule has 0 spiro atoms. The first-order valence-corrected chi connectivity index (χ1v) is 12.8. The maximum atomic E-state index is 12.5. The minimum Gasteiger partial charge on any atom is -0.492 e. The lowest BCUT2D eigenvalue weighted by Crippen LogP contribution is -2.33. The van der Waals surface area contributed by atoms with E-state index in [1.165, 1.54) is 0 Å². The number of para-hydroxylation sites is 1. The Balaban J connectivity index is 1.24. The van der Waals surface area contributed by atoms with Crippen LogP contribution >= 0.6 is 0 Å². The molecule has 0 radical (unpaired) electrons. The number of nitrogens with one attached hydrogen (secondary N) is 2. The molecule has 6 heteroatoms. The molecular weight excluding hydrogens is 476 g/mol. The van der Waals surface area contributed by atoms with Crippen LogP contribution in [0.4, 0.5) is 5.69 Å². The zero-order valence-electron chi connectivity index (χ0n) is 21.4. The van der Waals surface area contributed by atoms with Crippen molar-refractivity contribution in [3.63, 3.8) is 0 Å². The number of hydrogen-bond acceptors (Lipinski definition) is 5. The molecule has 0 saturated carbocycles. The minimum atomic E-state index is -0.499. The summed E-state index contributed by atoms with van der Waals surface area (Å²) in [4.78, 5) is 25.0. The Hall–Kier alpha value is -4.58. The Labute approximate surface area is 223 Å². The van der Waals surface area contributed by atoms with Crippen LogP contribution in [0.15, 0.2) is 109 Å². The monoisotopic (exact) mass is 508 g/mol. The molecule has 0 saturated heterocycles. The van der Waals surface area contributed by atoms with Crippen molar-refractivity contribution in [1.29, 1.82) is 0 Å². The first-order chi connectivity index (χ1) is 18.6. The second kappa shape index (κ2) is 13.7. The van der Waals surface area contributed by atoms with Gasteiger partial charge in [0.2, 0.25) is 0 Å². The molecule has 0 aliphatic carbocycles. The summed E-state index contributed by atoms with van der Waals surface area (Å²) in [5, 5.41) is 6.15. The Morgan fingerprint density at radius 3 is 2.05 bits per heavy atom. The van der Waals surface area contributed by atoms with Crippen molar-refractivity contribution in [2.45, 2.75) is 19.4 Å². The van der Waals surface area contributed by atoms with E-state index in [4.69, 9.17) is 9.47 Å². The van der Waals surface area contributed by atoms with Gasteiger partial charge in [0.05, 0.1) is 13.2 Å². The summed E-state index contributed by atoms with van der Waals surface area (Å²) in [5.41, 5.74) is 4.63. The smallest absolute Gasteiger partial charge is 0.328 e. The Bertz CT molecular complexity index is 1290. The highest BCUT2D eigenvalue weighted by Gasteiger charge is 2.20. The number of anilines is 1. The molecule has 4 aromatic carbocycles. The van der Waals surface area contributed by atoms with E-state index in [2.05, 4.69) is 10.6 Å². The molecule has 1 atom stereocenters. The van der Waals surface area contributed by atoms with Gasteiger partial charge in [0.15, 0.2) is 0 Å². The fraction of sp³-hybridized carbons (Fsp3) is 0.188. The SMILES string of the molecule is CCOC(=O)C(Cc1ccc(OCCNC(=O)c2ccc(-c3ccccc3)cc2)cc1)Nc1ccccc1. The first-order valence-electron chi connectivity index (χ1n) is 12.8. The molecule has 0 aliphatic heterocycles. The van der Waals surface area contributed by atoms with Gasteiger partial charge >= 0.3 is 5.97 Å². The van der Waals surface area contributed by atoms with Gasteiger partial charge in [-0.1, -0.05) is 72.8 Å². The number of esters is 1. The van der Waals surface area contributed by atoms with Gasteiger partial charge in [0.1, 0.15) is 18.4 Å². The molecular formula is C32H32N2O4. The van der Waals surface area contributed by atoms with Gasteiger partial charge in [-0.15, -0.1) is 0 Å². The summed E-state index contributed by atoms with van der Waals surface area (Å²) in [6, 6.07) is 34.3. The van der Waals surface area contributed by atoms with Crippen LogP contribution in [0.5, 0.6) is 5.75 Å². The number of amides is 1. The molecule has 2 N–H and O–H groups in total. The van der Waals surface area contributed by atoms with E-state index in [1.807, 2.05) is 109 Å². The number of rotatable bonds is 12. The van der Waals surface area contributed by atoms with Gasteiger partial charge in [0, 0.05) is 17.7 Å². The zero-order chi connectivity index (χ0) is 26.6. The zero-order valence-corrected chi connectivity index (χ0v) is 21.4. The predicted octanol–water partition coefficient (Wildman–Crippen LogP) is 5.75. The van der Waals surface area contributed by atoms with Gasteiger partial charge < -0.3 is 20.1 Å². The molecule has 194 valence electrons. The Kier molecular flexibility index (Phi) is 9.51. The molecule has 4 rings (SSSR count). The van der Waals surface area contributed by atoms with Crippen molar-refractivity contribution in [1.82, 2.24) is 5.32 Å². The van der Waals surface area contributed by atoms with Crippen molar-refractivity contribution in [3.05, 3.63) is 120 Å². The first kappa shape index (κ1) is 26.5. The summed E-state index contributed by atoms with van der Waals surface area (Å²) in [5.74, 6) is 0.264. The Morgan fingerprint density at radius 2 is 1.39 bits per heavy atom. The highest BCUT2D eigenvalue weighted by molar-refractivity contribution is 5.94. The number of ether oxygens (including phenoxy) is 2. The summed E-state index contributed by atoms with van der Waals surface area (Å²) < 4.78 is 11.0. The third kappa shape index (κ3) is 7.71. The molecule has 1 amide bonds. The normalized spacial score (nSPS) is 11.3.